The molecule has 0 bridgehead atoms. The summed E-state index contributed by atoms with van der Waals surface area (Å²) in [6.07, 6.45) is 4.30. The lowest BCUT2D eigenvalue weighted by Gasteiger charge is -2.20. The van der Waals surface area contributed by atoms with E-state index in [1.54, 1.807) is 12.1 Å². The molecular weight excluding hydrogens is 265 g/mol. The van der Waals surface area contributed by atoms with Crippen LogP contribution in [0.1, 0.15) is 49.9 Å². The zero-order chi connectivity index (χ0) is 15.2. The maximum atomic E-state index is 12.9. The van der Waals surface area contributed by atoms with Gasteiger partial charge in [-0.15, -0.1) is 0 Å². The van der Waals surface area contributed by atoms with E-state index >= 15 is 0 Å². The molecule has 1 aliphatic heterocycles. The Balaban J connectivity index is 1.80. The minimum atomic E-state index is -0.293. The maximum Gasteiger partial charge on any atom is 0.164 e. The highest BCUT2D eigenvalue weighted by Crippen LogP contribution is 2.24. The predicted molar refractivity (Wildman–Crippen MR) is 84.0 cm³/mol. The van der Waals surface area contributed by atoms with Gasteiger partial charge in [-0.3, -0.25) is 4.79 Å². The Kier molecular flexibility index (Phi) is 5.92. The van der Waals surface area contributed by atoms with Crippen LogP contribution < -0.4 is 0 Å². The molecule has 0 N–H and O–H groups in total. The minimum Gasteiger partial charge on any atom is -0.303 e. The second kappa shape index (κ2) is 7.69. The van der Waals surface area contributed by atoms with Crippen LogP contribution >= 0.6 is 0 Å². The SMILES string of the molecule is CC(C)C1CCCN(CCC(=O)c2ccc(F)cc2)CC1. The number of ketones is 1. The van der Waals surface area contributed by atoms with Crippen molar-refractivity contribution in [3.8, 4) is 0 Å². The quantitative estimate of drug-likeness (QED) is 0.759. The fourth-order valence-electron chi connectivity index (χ4n) is 3.11. The summed E-state index contributed by atoms with van der Waals surface area (Å²) in [5, 5.41) is 0. The Bertz CT molecular complexity index is 455. The summed E-state index contributed by atoms with van der Waals surface area (Å²) in [4.78, 5) is 14.5. The molecule has 1 atom stereocenters. The number of benzene rings is 1. The summed E-state index contributed by atoms with van der Waals surface area (Å²) in [7, 11) is 0. The first kappa shape index (κ1) is 16.2. The molecule has 0 amide bonds. The van der Waals surface area contributed by atoms with Crippen LogP contribution in [-0.4, -0.2) is 30.3 Å². The summed E-state index contributed by atoms with van der Waals surface area (Å²) in [5.74, 6) is 1.40. The Morgan fingerprint density at radius 2 is 1.95 bits per heavy atom. The van der Waals surface area contributed by atoms with E-state index in [1.807, 2.05) is 0 Å². The first-order valence-corrected chi connectivity index (χ1v) is 8.07. The molecule has 1 aromatic carbocycles. The number of carbonyl (C=O) groups excluding carboxylic acids is 1. The van der Waals surface area contributed by atoms with Gasteiger partial charge in [0.15, 0.2) is 5.78 Å². The largest absolute Gasteiger partial charge is 0.303 e. The van der Waals surface area contributed by atoms with Crippen LogP contribution in [0.4, 0.5) is 4.39 Å². The number of rotatable bonds is 5. The van der Waals surface area contributed by atoms with E-state index in [1.165, 1.54) is 31.4 Å². The smallest absolute Gasteiger partial charge is 0.164 e. The van der Waals surface area contributed by atoms with Gasteiger partial charge in [-0.2, -0.15) is 0 Å². The summed E-state index contributed by atoms with van der Waals surface area (Å²) >= 11 is 0. The summed E-state index contributed by atoms with van der Waals surface area (Å²) in [6.45, 7) is 7.62. The van der Waals surface area contributed by atoms with Crippen molar-refractivity contribution in [2.45, 2.75) is 39.5 Å². The number of hydrogen-bond acceptors (Lipinski definition) is 2. The van der Waals surface area contributed by atoms with Gasteiger partial charge in [0.25, 0.3) is 0 Å². The van der Waals surface area contributed by atoms with Gasteiger partial charge >= 0.3 is 0 Å². The van der Waals surface area contributed by atoms with Gasteiger partial charge < -0.3 is 4.90 Å². The van der Waals surface area contributed by atoms with Crippen molar-refractivity contribution < 1.29 is 9.18 Å². The molecule has 0 spiro atoms. The Morgan fingerprint density at radius 1 is 1.24 bits per heavy atom. The Hall–Kier alpha value is -1.22. The third-order valence-corrected chi connectivity index (χ3v) is 4.63. The topological polar surface area (TPSA) is 20.3 Å². The zero-order valence-corrected chi connectivity index (χ0v) is 13.1. The molecule has 0 aliphatic carbocycles. The number of nitrogens with zero attached hydrogens (tertiary/aromatic N) is 1. The average molecular weight is 291 g/mol. The second-order valence-electron chi connectivity index (χ2n) is 6.46. The van der Waals surface area contributed by atoms with Crippen molar-refractivity contribution >= 4 is 5.78 Å². The lowest BCUT2D eigenvalue weighted by atomic mass is 9.89. The number of likely N-dealkylation sites (tertiary alicyclic amines) is 1. The van der Waals surface area contributed by atoms with E-state index in [9.17, 15) is 9.18 Å². The monoisotopic (exact) mass is 291 g/mol. The van der Waals surface area contributed by atoms with Crippen molar-refractivity contribution in [3.05, 3.63) is 35.6 Å². The van der Waals surface area contributed by atoms with Crippen LogP contribution in [0, 0.1) is 17.7 Å². The van der Waals surface area contributed by atoms with Gasteiger partial charge in [-0.1, -0.05) is 13.8 Å². The summed E-state index contributed by atoms with van der Waals surface area (Å²) < 4.78 is 12.9. The fraction of sp³-hybridized carbons (Fsp3) is 0.611. The fourth-order valence-corrected chi connectivity index (χ4v) is 3.11. The molecular formula is C18H26FNO. The molecule has 2 rings (SSSR count). The molecule has 1 saturated heterocycles. The van der Waals surface area contributed by atoms with Gasteiger partial charge in [0.2, 0.25) is 0 Å². The highest BCUT2D eigenvalue weighted by Gasteiger charge is 2.19. The van der Waals surface area contributed by atoms with Crippen molar-refractivity contribution in [2.24, 2.45) is 11.8 Å². The maximum absolute atomic E-state index is 12.9. The molecule has 1 fully saturated rings. The zero-order valence-electron chi connectivity index (χ0n) is 13.1. The van der Waals surface area contributed by atoms with Crippen molar-refractivity contribution in [1.29, 1.82) is 0 Å². The predicted octanol–water partition coefficient (Wildman–Crippen LogP) is 4.16. The van der Waals surface area contributed by atoms with E-state index in [-0.39, 0.29) is 11.6 Å². The molecule has 21 heavy (non-hydrogen) atoms. The summed E-state index contributed by atoms with van der Waals surface area (Å²) in [5.41, 5.74) is 0.617. The van der Waals surface area contributed by atoms with Gasteiger partial charge in [0.1, 0.15) is 5.82 Å². The standard InChI is InChI=1S/C18H26FNO/c1-14(2)15-4-3-11-20(12-9-15)13-10-18(21)16-5-7-17(19)8-6-16/h5-8,14-15H,3-4,9-13H2,1-2H3. The number of halogens is 1. The molecule has 116 valence electrons. The molecule has 0 saturated carbocycles. The van der Waals surface area contributed by atoms with Crippen LogP contribution in [0.25, 0.3) is 0 Å². The van der Waals surface area contributed by atoms with E-state index in [4.69, 9.17) is 0 Å². The molecule has 1 aromatic rings. The normalized spacial score (nSPS) is 20.5. The van der Waals surface area contributed by atoms with E-state index in [2.05, 4.69) is 18.7 Å². The van der Waals surface area contributed by atoms with Crippen molar-refractivity contribution in [3.63, 3.8) is 0 Å². The van der Waals surface area contributed by atoms with E-state index < -0.39 is 0 Å². The highest BCUT2D eigenvalue weighted by molar-refractivity contribution is 5.96. The Labute approximate surface area is 127 Å². The molecule has 1 aliphatic rings. The van der Waals surface area contributed by atoms with Crippen molar-refractivity contribution in [2.75, 3.05) is 19.6 Å². The molecule has 1 unspecified atom stereocenters. The van der Waals surface area contributed by atoms with Crippen molar-refractivity contribution in [1.82, 2.24) is 4.90 Å². The number of Topliss-reactive ketones (excluding diaryl/α,β-unsaturated/α-hetero) is 1. The first-order valence-electron chi connectivity index (χ1n) is 8.07. The number of carbonyl (C=O) groups is 1. The molecule has 3 heteroatoms. The van der Waals surface area contributed by atoms with Gasteiger partial charge in [-0.05, 0) is 68.5 Å². The lowest BCUT2D eigenvalue weighted by molar-refractivity contribution is 0.0964. The minimum absolute atomic E-state index is 0.111. The summed E-state index contributed by atoms with van der Waals surface area (Å²) in [6, 6.07) is 5.86. The van der Waals surface area contributed by atoms with Crippen LogP contribution in [0.2, 0.25) is 0 Å². The Morgan fingerprint density at radius 3 is 2.62 bits per heavy atom. The lowest BCUT2D eigenvalue weighted by Crippen LogP contribution is -2.27. The van der Waals surface area contributed by atoms with E-state index in [0.717, 1.165) is 31.5 Å². The molecule has 1 heterocycles. The molecule has 2 nitrogen and oxygen atoms in total. The van der Waals surface area contributed by atoms with Crippen LogP contribution in [0.5, 0.6) is 0 Å². The van der Waals surface area contributed by atoms with Gasteiger partial charge in [0, 0.05) is 18.5 Å². The molecule has 0 aromatic heterocycles. The van der Waals surface area contributed by atoms with Crippen LogP contribution in [0.15, 0.2) is 24.3 Å². The van der Waals surface area contributed by atoms with Crippen LogP contribution in [0.3, 0.4) is 0 Å². The van der Waals surface area contributed by atoms with E-state index in [0.29, 0.717) is 12.0 Å². The molecule has 0 radical (unpaired) electrons. The third-order valence-electron chi connectivity index (χ3n) is 4.63. The highest BCUT2D eigenvalue weighted by atomic mass is 19.1. The second-order valence-corrected chi connectivity index (χ2v) is 6.46. The van der Waals surface area contributed by atoms with Crippen LogP contribution in [-0.2, 0) is 0 Å². The number of hydrogen-bond donors (Lipinski definition) is 0. The third kappa shape index (κ3) is 4.92. The van der Waals surface area contributed by atoms with Gasteiger partial charge in [0.05, 0.1) is 0 Å². The van der Waals surface area contributed by atoms with Gasteiger partial charge in [-0.25, -0.2) is 4.39 Å². The average Bonchev–Trinajstić information content (AvgIpc) is 2.71. The first-order chi connectivity index (χ1) is 10.1.